The number of aliphatic hydroxyl groups is 1. The van der Waals surface area contributed by atoms with Crippen LogP contribution in [0.4, 0.5) is 0 Å². The molecule has 0 saturated heterocycles. The summed E-state index contributed by atoms with van der Waals surface area (Å²) in [6, 6.07) is 0. The maximum atomic E-state index is 8.88. The van der Waals surface area contributed by atoms with Gasteiger partial charge in [-0.15, -0.1) is 11.3 Å². The molecule has 0 unspecified atom stereocenters. The summed E-state index contributed by atoms with van der Waals surface area (Å²) >= 11 is 1.66. The smallest absolute Gasteiger partial charge is 0.0931 e. The summed E-state index contributed by atoms with van der Waals surface area (Å²) in [6.07, 6.45) is 8.45. The molecule has 0 amide bonds. The Hall–Kier alpha value is -0.410. The Balaban J connectivity index is 1.92. The van der Waals surface area contributed by atoms with Crippen molar-refractivity contribution in [2.45, 2.75) is 38.7 Å². The number of aromatic nitrogens is 1. The highest BCUT2D eigenvalue weighted by molar-refractivity contribution is 7.11. The molecule has 0 aliphatic heterocycles. The second-order valence-electron chi connectivity index (χ2n) is 3.73. The Morgan fingerprint density at radius 3 is 2.85 bits per heavy atom. The van der Waals surface area contributed by atoms with Gasteiger partial charge < -0.3 is 5.11 Å². The van der Waals surface area contributed by atoms with Gasteiger partial charge in [0.15, 0.2) is 0 Å². The molecular formula is C10H15NOS. The molecular weight excluding hydrogens is 182 g/mol. The van der Waals surface area contributed by atoms with E-state index in [1.54, 1.807) is 17.5 Å². The van der Waals surface area contributed by atoms with Crippen LogP contribution >= 0.6 is 11.3 Å². The highest BCUT2D eigenvalue weighted by atomic mass is 32.1. The fourth-order valence-electron chi connectivity index (χ4n) is 1.98. The van der Waals surface area contributed by atoms with Gasteiger partial charge in [0.05, 0.1) is 16.5 Å². The first-order chi connectivity index (χ1) is 6.38. The predicted octanol–water partition coefficient (Wildman–Crippen LogP) is 2.37. The van der Waals surface area contributed by atoms with E-state index in [1.807, 2.05) is 0 Å². The van der Waals surface area contributed by atoms with E-state index in [0.29, 0.717) is 0 Å². The second-order valence-corrected chi connectivity index (χ2v) is 4.93. The third-order valence-corrected chi connectivity index (χ3v) is 3.70. The van der Waals surface area contributed by atoms with Crippen LogP contribution in [0, 0.1) is 5.92 Å². The largest absolute Gasteiger partial charge is 0.391 e. The molecule has 0 spiro atoms. The standard InChI is InChI=1S/C10H15NOS/c12-7-9-6-11-10(13-9)5-8-3-1-2-4-8/h6,8,12H,1-5,7H2. The van der Waals surface area contributed by atoms with Gasteiger partial charge in [0, 0.05) is 12.6 Å². The fourth-order valence-corrected chi connectivity index (χ4v) is 2.87. The Morgan fingerprint density at radius 1 is 1.46 bits per heavy atom. The maximum Gasteiger partial charge on any atom is 0.0931 e. The van der Waals surface area contributed by atoms with Crippen LogP contribution in [0.2, 0.25) is 0 Å². The van der Waals surface area contributed by atoms with Crippen LogP contribution in [0.25, 0.3) is 0 Å². The van der Waals surface area contributed by atoms with Crippen LogP contribution in [0.5, 0.6) is 0 Å². The number of aliphatic hydroxyl groups excluding tert-OH is 1. The minimum absolute atomic E-state index is 0.141. The van der Waals surface area contributed by atoms with Crippen molar-refractivity contribution in [3.05, 3.63) is 16.1 Å². The molecule has 0 radical (unpaired) electrons. The molecule has 1 aromatic heterocycles. The van der Waals surface area contributed by atoms with Gasteiger partial charge >= 0.3 is 0 Å². The summed E-state index contributed by atoms with van der Waals surface area (Å²) in [5, 5.41) is 10.1. The van der Waals surface area contributed by atoms with Gasteiger partial charge in [-0.2, -0.15) is 0 Å². The monoisotopic (exact) mass is 197 g/mol. The predicted molar refractivity (Wildman–Crippen MR) is 53.7 cm³/mol. The lowest BCUT2D eigenvalue weighted by atomic mass is 10.1. The third kappa shape index (κ3) is 2.29. The Bertz CT molecular complexity index is 266. The molecule has 2 nitrogen and oxygen atoms in total. The van der Waals surface area contributed by atoms with Crippen LogP contribution in [0.15, 0.2) is 6.20 Å². The zero-order valence-electron chi connectivity index (χ0n) is 7.70. The molecule has 72 valence electrons. The first-order valence-electron chi connectivity index (χ1n) is 4.93. The highest BCUT2D eigenvalue weighted by Gasteiger charge is 2.16. The molecule has 1 aromatic rings. The molecule has 0 atom stereocenters. The lowest BCUT2D eigenvalue weighted by Gasteiger charge is -2.04. The molecule has 1 fully saturated rings. The van der Waals surface area contributed by atoms with Crippen LogP contribution in [0.3, 0.4) is 0 Å². The highest BCUT2D eigenvalue weighted by Crippen LogP contribution is 2.29. The van der Waals surface area contributed by atoms with E-state index in [2.05, 4.69) is 4.98 Å². The normalized spacial score (nSPS) is 18.2. The van der Waals surface area contributed by atoms with E-state index in [-0.39, 0.29) is 6.61 Å². The van der Waals surface area contributed by atoms with Crippen molar-refractivity contribution in [2.24, 2.45) is 5.92 Å². The minimum Gasteiger partial charge on any atom is -0.391 e. The Kier molecular flexibility index (Phi) is 2.96. The van der Waals surface area contributed by atoms with Gasteiger partial charge in [-0.1, -0.05) is 25.7 Å². The average molecular weight is 197 g/mol. The molecule has 3 heteroatoms. The number of thiazole rings is 1. The van der Waals surface area contributed by atoms with E-state index < -0.39 is 0 Å². The summed E-state index contributed by atoms with van der Waals surface area (Å²) in [5.74, 6) is 0.859. The minimum atomic E-state index is 0.141. The van der Waals surface area contributed by atoms with Crippen molar-refractivity contribution in [1.29, 1.82) is 0 Å². The molecule has 1 saturated carbocycles. The molecule has 0 aromatic carbocycles. The number of nitrogens with zero attached hydrogens (tertiary/aromatic N) is 1. The zero-order valence-corrected chi connectivity index (χ0v) is 8.52. The Labute approximate surface area is 82.6 Å². The molecule has 13 heavy (non-hydrogen) atoms. The summed E-state index contributed by atoms with van der Waals surface area (Å²) in [6.45, 7) is 0.141. The van der Waals surface area contributed by atoms with Crippen LogP contribution in [-0.4, -0.2) is 10.1 Å². The molecule has 1 aliphatic carbocycles. The zero-order chi connectivity index (χ0) is 9.10. The molecule has 1 N–H and O–H groups in total. The van der Waals surface area contributed by atoms with E-state index in [0.717, 1.165) is 17.2 Å². The van der Waals surface area contributed by atoms with Crippen molar-refractivity contribution in [2.75, 3.05) is 0 Å². The van der Waals surface area contributed by atoms with E-state index in [9.17, 15) is 0 Å². The van der Waals surface area contributed by atoms with Crippen LogP contribution in [-0.2, 0) is 13.0 Å². The van der Waals surface area contributed by atoms with Crippen LogP contribution < -0.4 is 0 Å². The maximum absolute atomic E-state index is 8.88. The Morgan fingerprint density at radius 2 is 2.23 bits per heavy atom. The topological polar surface area (TPSA) is 33.1 Å². The fraction of sp³-hybridized carbons (Fsp3) is 0.700. The summed E-state index contributed by atoms with van der Waals surface area (Å²) in [7, 11) is 0. The number of hydrogen-bond donors (Lipinski definition) is 1. The summed E-state index contributed by atoms with van der Waals surface area (Å²) in [5.41, 5.74) is 0. The van der Waals surface area contributed by atoms with Gasteiger partial charge in [-0.25, -0.2) is 4.98 Å². The van der Waals surface area contributed by atoms with Crippen molar-refractivity contribution in [3.8, 4) is 0 Å². The van der Waals surface area contributed by atoms with Crippen molar-refractivity contribution >= 4 is 11.3 Å². The molecule has 1 aliphatic rings. The quantitative estimate of drug-likeness (QED) is 0.807. The van der Waals surface area contributed by atoms with Crippen molar-refractivity contribution in [3.63, 3.8) is 0 Å². The molecule has 0 bridgehead atoms. The summed E-state index contributed by atoms with van der Waals surface area (Å²) in [4.78, 5) is 5.30. The first-order valence-corrected chi connectivity index (χ1v) is 5.74. The number of hydrogen-bond acceptors (Lipinski definition) is 3. The van der Waals surface area contributed by atoms with Crippen molar-refractivity contribution in [1.82, 2.24) is 4.98 Å². The summed E-state index contributed by atoms with van der Waals surface area (Å²) < 4.78 is 0. The van der Waals surface area contributed by atoms with Gasteiger partial charge in [-0.05, 0) is 5.92 Å². The van der Waals surface area contributed by atoms with Gasteiger partial charge in [0.25, 0.3) is 0 Å². The van der Waals surface area contributed by atoms with Gasteiger partial charge in [0.2, 0.25) is 0 Å². The van der Waals surface area contributed by atoms with E-state index >= 15 is 0 Å². The van der Waals surface area contributed by atoms with Gasteiger partial charge in [0.1, 0.15) is 0 Å². The first kappa shape index (κ1) is 9.16. The third-order valence-electron chi connectivity index (χ3n) is 2.70. The molecule has 2 rings (SSSR count). The van der Waals surface area contributed by atoms with Crippen LogP contribution in [0.1, 0.15) is 35.6 Å². The second kappa shape index (κ2) is 4.20. The van der Waals surface area contributed by atoms with Gasteiger partial charge in [-0.3, -0.25) is 0 Å². The number of rotatable bonds is 3. The average Bonchev–Trinajstić information content (AvgIpc) is 2.76. The van der Waals surface area contributed by atoms with E-state index in [1.165, 1.54) is 30.7 Å². The SMILES string of the molecule is OCc1cnc(CC2CCCC2)s1. The molecule has 1 heterocycles. The lowest BCUT2D eigenvalue weighted by molar-refractivity contribution is 0.285. The van der Waals surface area contributed by atoms with E-state index in [4.69, 9.17) is 5.11 Å². The van der Waals surface area contributed by atoms with Crippen molar-refractivity contribution < 1.29 is 5.11 Å². The lowest BCUT2D eigenvalue weighted by Crippen LogP contribution is -1.97.